The van der Waals surface area contributed by atoms with Crippen LogP contribution in [0.1, 0.15) is 11.9 Å². The minimum atomic E-state index is -0.929. The maximum absolute atomic E-state index is 14.6. The summed E-state index contributed by atoms with van der Waals surface area (Å²) in [5.41, 5.74) is 0.648. The number of ether oxygens (including phenoxy) is 1. The van der Waals surface area contributed by atoms with Gasteiger partial charge in [-0.1, -0.05) is 11.3 Å². The summed E-state index contributed by atoms with van der Waals surface area (Å²) in [6, 6.07) is 4.41. The first kappa shape index (κ1) is 20.3. The molecule has 2 atom stereocenters. The van der Waals surface area contributed by atoms with Gasteiger partial charge in [-0.25, -0.2) is 9.18 Å². The number of carbonyl (C=O) groups excluding carboxylic acids is 2. The molecule has 1 aromatic heterocycles. The van der Waals surface area contributed by atoms with E-state index in [4.69, 9.17) is 4.74 Å². The molecule has 1 unspecified atom stereocenters. The number of halogens is 1. The van der Waals surface area contributed by atoms with Crippen molar-refractivity contribution in [1.82, 2.24) is 15.5 Å². The van der Waals surface area contributed by atoms with Gasteiger partial charge in [-0.3, -0.25) is 13.9 Å². The molecule has 1 aliphatic heterocycles. The Morgan fingerprint density at radius 2 is 2.25 bits per heavy atom. The standard InChI is InChI=1S/C17H19FN4O4S2/c1-10(23)19-8-12-9-22(17(24)26-12)11-3-4-13(14(18)7-11)16-21-20-15(27-16)5-6-28(2)25/h3-4,7,12H,5-6,8-9H2,1-2H3,(H,19,23)/t12?,28-/m0/s1. The van der Waals surface area contributed by atoms with Crippen LogP contribution in [0.3, 0.4) is 0 Å². The molecule has 0 spiro atoms. The molecule has 8 nitrogen and oxygen atoms in total. The molecule has 1 saturated heterocycles. The second kappa shape index (κ2) is 8.74. The Bertz CT molecular complexity index is 920. The van der Waals surface area contributed by atoms with Gasteiger partial charge in [-0.05, 0) is 18.2 Å². The van der Waals surface area contributed by atoms with E-state index >= 15 is 0 Å². The van der Waals surface area contributed by atoms with Crippen molar-refractivity contribution in [3.8, 4) is 10.6 Å². The minimum Gasteiger partial charge on any atom is -0.442 e. The summed E-state index contributed by atoms with van der Waals surface area (Å²) in [6.45, 7) is 1.80. The maximum atomic E-state index is 14.6. The van der Waals surface area contributed by atoms with Gasteiger partial charge in [0.15, 0.2) is 5.01 Å². The fourth-order valence-electron chi connectivity index (χ4n) is 2.64. The summed E-state index contributed by atoms with van der Waals surface area (Å²) in [7, 11) is -0.929. The van der Waals surface area contributed by atoms with Gasteiger partial charge in [-0.2, -0.15) is 0 Å². The second-order valence-electron chi connectivity index (χ2n) is 6.25. The average molecular weight is 426 g/mol. The molecular formula is C17H19FN4O4S2. The molecular weight excluding hydrogens is 407 g/mol. The molecule has 1 N–H and O–H groups in total. The second-order valence-corrected chi connectivity index (χ2v) is 8.86. The number of nitrogens with one attached hydrogen (secondary N) is 1. The molecule has 0 bridgehead atoms. The van der Waals surface area contributed by atoms with Crippen molar-refractivity contribution in [2.75, 3.05) is 30.0 Å². The Morgan fingerprint density at radius 1 is 1.46 bits per heavy atom. The molecule has 3 rings (SSSR count). The van der Waals surface area contributed by atoms with Crippen molar-refractivity contribution >= 4 is 39.8 Å². The summed E-state index contributed by atoms with van der Waals surface area (Å²) in [4.78, 5) is 24.4. The molecule has 0 saturated carbocycles. The summed E-state index contributed by atoms with van der Waals surface area (Å²) < 4.78 is 31.0. The van der Waals surface area contributed by atoms with Gasteiger partial charge in [-0.15, -0.1) is 10.2 Å². The monoisotopic (exact) mass is 426 g/mol. The van der Waals surface area contributed by atoms with E-state index in [0.717, 1.165) is 0 Å². The summed E-state index contributed by atoms with van der Waals surface area (Å²) >= 11 is 1.25. The topological polar surface area (TPSA) is 101 Å². The van der Waals surface area contributed by atoms with E-state index in [9.17, 15) is 18.2 Å². The third-order valence-corrected chi connectivity index (χ3v) is 5.81. The van der Waals surface area contributed by atoms with E-state index in [1.54, 1.807) is 18.4 Å². The van der Waals surface area contributed by atoms with Crippen molar-refractivity contribution in [2.24, 2.45) is 0 Å². The Balaban J connectivity index is 1.71. The largest absolute Gasteiger partial charge is 0.442 e. The molecule has 1 fully saturated rings. The molecule has 2 heterocycles. The van der Waals surface area contributed by atoms with Gasteiger partial charge in [0.2, 0.25) is 5.91 Å². The number of hydrogen-bond acceptors (Lipinski definition) is 7. The van der Waals surface area contributed by atoms with Gasteiger partial charge in [0.25, 0.3) is 0 Å². The Kier molecular flexibility index (Phi) is 6.35. The highest BCUT2D eigenvalue weighted by molar-refractivity contribution is 7.84. The van der Waals surface area contributed by atoms with Crippen LogP contribution in [0, 0.1) is 5.82 Å². The number of anilines is 1. The van der Waals surface area contributed by atoms with Crippen LogP contribution in [0.5, 0.6) is 0 Å². The number of aromatic nitrogens is 2. The van der Waals surface area contributed by atoms with E-state index in [1.807, 2.05) is 0 Å². The van der Waals surface area contributed by atoms with E-state index in [1.165, 1.54) is 29.2 Å². The van der Waals surface area contributed by atoms with E-state index in [0.29, 0.717) is 27.9 Å². The highest BCUT2D eigenvalue weighted by Crippen LogP contribution is 2.30. The summed E-state index contributed by atoms with van der Waals surface area (Å²) in [5.74, 6) is -0.267. The molecule has 1 aromatic carbocycles. The molecule has 0 aliphatic carbocycles. The van der Waals surface area contributed by atoms with Crippen LogP contribution >= 0.6 is 11.3 Å². The summed E-state index contributed by atoms with van der Waals surface area (Å²) in [6.07, 6.45) is 1.06. The first-order chi connectivity index (χ1) is 13.3. The predicted molar refractivity (Wildman–Crippen MR) is 104 cm³/mol. The minimum absolute atomic E-state index is 0.203. The number of rotatable bonds is 7. The smallest absolute Gasteiger partial charge is 0.414 e. The van der Waals surface area contributed by atoms with Crippen molar-refractivity contribution in [1.29, 1.82) is 0 Å². The Labute approximate surface area is 167 Å². The van der Waals surface area contributed by atoms with Crippen LogP contribution in [0.25, 0.3) is 10.6 Å². The van der Waals surface area contributed by atoms with Crippen molar-refractivity contribution in [2.45, 2.75) is 19.4 Å². The predicted octanol–water partition coefficient (Wildman–Crippen LogP) is 1.73. The maximum Gasteiger partial charge on any atom is 0.414 e. The number of cyclic esters (lactones) is 1. The lowest BCUT2D eigenvalue weighted by atomic mass is 10.2. The van der Waals surface area contributed by atoms with Crippen molar-refractivity contribution in [3.63, 3.8) is 0 Å². The average Bonchev–Trinajstić information content (AvgIpc) is 3.24. The third-order valence-electron chi connectivity index (χ3n) is 4.02. The summed E-state index contributed by atoms with van der Waals surface area (Å²) in [5, 5.41) is 11.7. The first-order valence-corrected chi connectivity index (χ1v) is 11.0. The number of hydrogen-bond donors (Lipinski definition) is 1. The van der Waals surface area contributed by atoms with Gasteiger partial charge < -0.3 is 10.1 Å². The van der Waals surface area contributed by atoms with Crippen molar-refractivity contribution in [3.05, 3.63) is 29.0 Å². The molecule has 1 aliphatic rings. The van der Waals surface area contributed by atoms with Gasteiger partial charge in [0.1, 0.15) is 16.9 Å². The van der Waals surface area contributed by atoms with Crippen LogP contribution in [0.2, 0.25) is 0 Å². The van der Waals surface area contributed by atoms with Gasteiger partial charge >= 0.3 is 6.09 Å². The number of aryl methyl sites for hydroxylation is 1. The third kappa shape index (κ3) is 4.90. The number of amides is 2. The van der Waals surface area contributed by atoms with Gasteiger partial charge in [0, 0.05) is 41.7 Å². The normalized spacial score (nSPS) is 17.5. The lowest BCUT2D eigenvalue weighted by molar-refractivity contribution is -0.119. The van der Waals surface area contributed by atoms with E-state index < -0.39 is 28.8 Å². The quantitative estimate of drug-likeness (QED) is 0.724. The molecule has 11 heteroatoms. The first-order valence-electron chi connectivity index (χ1n) is 8.48. The number of benzene rings is 1. The Hall–Kier alpha value is -2.40. The molecule has 2 aromatic rings. The van der Waals surface area contributed by atoms with E-state index in [2.05, 4.69) is 15.5 Å². The number of nitrogens with zero attached hydrogens (tertiary/aromatic N) is 3. The fourth-order valence-corrected chi connectivity index (χ4v) is 4.11. The van der Waals surface area contributed by atoms with Crippen LogP contribution < -0.4 is 10.2 Å². The lowest BCUT2D eigenvalue weighted by Gasteiger charge is -2.14. The van der Waals surface area contributed by atoms with Crippen LogP contribution in [0.15, 0.2) is 18.2 Å². The molecule has 28 heavy (non-hydrogen) atoms. The van der Waals surface area contributed by atoms with E-state index in [-0.39, 0.29) is 24.6 Å². The lowest BCUT2D eigenvalue weighted by Crippen LogP contribution is -2.33. The number of carbonyl (C=O) groups is 2. The Morgan fingerprint density at radius 3 is 2.93 bits per heavy atom. The van der Waals surface area contributed by atoms with Crippen LogP contribution in [0.4, 0.5) is 14.9 Å². The highest BCUT2D eigenvalue weighted by Gasteiger charge is 2.32. The van der Waals surface area contributed by atoms with Crippen LogP contribution in [-0.2, 0) is 26.8 Å². The van der Waals surface area contributed by atoms with Gasteiger partial charge in [0.05, 0.1) is 18.8 Å². The highest BCUT2D eigenvalue weighted by atomic mass is 32.2. The van der Waals surface area contributed by atoms with Crippen molar-refractivity contribution < 1.29 is 22.9 Å². The zero-order chi connectivity index (χ0) is 20.3. The SMILES string of the molecule is CC(=O)NCC1CN(c2ccc(-c3nnc(CC[S@](C)=O)s3)c(F)c2)C(=O)O1. The van der Waals surface area contributed by atoms with Crippen LogP contribution in [-0.4, -0.2) is 57.6 Å². The zero-order valence-electron chi connectivity index (χ0n) is 15.3. The zero-order valence-corrected chi connectivity index (χ0v) is 16.9. The molecule has 2 amide bonds. The fraction of sp³-hybridized carbons (Fsp3) is 0.412. The molecule has 150 valence electrons. The molecule has 0 radical (unpaired) electrons.